The first kappa shape index (κ1) is 24.5. The van der Waals surface area contributed by atoms with Crippen molar-refractivity contribution in [2.45, 2.75) is 18.4 Å². The summed E-state index contributed by atoms with van der Waals surface area (Å²) in [5, 5.41) is 3.45. The van der Waals surface area contributed by atoms with E-state index in [0.29, 0.717) is 47.2 Å². The Hall–Kier alpha value is -3.58. The number of hydrogen-bond acceptors (Lipinski definition) is 4. The molecule has 0 unspecified atom stereocenters. The molecule has 0 aliphatic carbocycles. The van der Waals surface area contributed by atoms with Crippen LogP contribution in [-0.2, 0) is 0 Å². The second-order valence-electron chi connectivity index (χ2n) is 8.33. The van der Waals surface area contributed by atoms with E-state index in [1.165, 1.54) is 26.4 Å². The second kappa shape index (κ2) is 10.8. The van der Waals surface area contributed by atoms with Crippen LogP contribution in [0.25, 0.3) is 0 Å². The molecule has 2 atom stereocenters. The van der Waals surface area contributed by atoms with Crippen LogP contribution in [0.3, 0.4) is 0 Å². The third-order valence-corrected chi connectivity index (χ3v) is 6.59. The van der Waals surface area contributed by atoms with Crippen LogP contribution in [0.4, 0.5) is 4.39 Å². The van der Waals surface area contributed by atoms with Gasteiger partial charge in [-0.1, -0.05) is 35.9 Å². The van der Waals surface area contributed by atoms with Crippen molar-refractivity contribution < 1.29 is 23.5 Å². The Morgan fingerprint density at radius 1 is 1.00 bits per heavy atom. The molecule has 182 valence electrons. The Morgan fingerprint density at radius 3 is 2.40 bits per heavy atom. The summed E-state index contributed by atoms with van der Waals surface area (Å²) in [7, 11) is 3.05. The Kier molecular flexibility index (Phi) is 7.56. The van der Waals surface area contributed by atoms with E-state index in [2.05, 4.69) is 5.32 Å². The van der Waals surface area contributed by atoms with Crippen LogP contribution in [0.1, 0.15) is 38.6 Å². The van der Waals surface area contributed by atoms with E-state index in [1.54, 1.807) is 59.5 Å². The highest BCUT2D eigenvalue weighted by atomic mass is 35.5. The van der Waals surface area contributed by atoms with Crippen molar-refractivity contribution in [2.24, 2.45) is 0 Å². The van der Waals surface area contributed by atoms with Gasteiger partial charge in [-0.25, -0.2) is 4.39 Å². The molecule has 1 fully saturated rings. The fourth-order valence-electron chi connectivity index (χ4n) is 4.40. The third kappa shape index (κ3) is 5.41. The summed E-state index contributed by atoms with van der Waals surface area (Å²) in [6.07, 6.45) is 0.525. The summed E-state index contributed by atoms with van der Waals surface area (Å²) in [6.45, 7) is 0.796. The Balaban J connectivity index is 1.58. The molecule has 3 aromatic rings. The van der Waals surface area contributed by atoms with Gasteiger partial charge in [-0.2, -0.15) is 0 Å². The van der Waals surface area contributed by atoms with Gasteiger partial charge in [-0.15, -0.1) is 0 Å². The molecule has 8 heteroatoms. The molecule has 1 saturated heterocycles. The van der Waals surface area contributed by atoms with Crippen LogP contribution in [0.15, 0.2) is 66.7 Å². The summed E-state index contributed by atoms with van der Waals surface area (Å²) >= 11 is 6.21. The molecule has 0 aromatic heterocycles. The zero-order valence-corrected chi connectivity index (χ0v) is 20.2. The predicted octanol–water partition coefficient (Wildman–Crippen LogP) is 4.92. The standard InChI is InChI=1S/C27H26ClFN2O4/c1-34-24-12-9-18(15-25(24)35-2)27(33)31-14-13-23(21(16-31)17-7-10-19(29)11-8-17)30-26(32)20-5-3-4-6-22(20)28/h3-12,15,21,23H,13-14,16H2,1-2H3,(H,30,32)/t21-,23-/m1/s1. The van der Waals surface area contributed by atoms with Gasteiger partial charge >= 0.3 is 0 Å². The lowest BCUT2D eigenvalue weighted by molar-refractivity contribution is 0.0671. The maximum Gasteiger partial charge on any atom is 0.254 e. The molecule has 0 radical (unpaired) electrons. The highest BCUT2D eigenvalue weighted by Gasteiger charge is 2.34. The number of halogens is 2. The first-order chi connectivity index (χ1) is 16.9. The number of carbonyl (C=O) groups excluding carboxylic acids is 2. The van der Waals surface area contributed by atoms with Gasteiger partial charge in [0.05, 0.1) is 24.8 Å². The van der Waals surface area contributed by atoms with E-state index in [0.717, 1.165) is 5.56 Å². The van der Waals surface area contributed by atoms with Gasteiger partial charge in [0.15, 0.2) is 11.5 Å². The summed E-state index contributed by atoms with van der Waals surface area (Å²) in [5.74, 6) is -0.0229. The second-order valence-corrected chi connectivity index (χ2v) is 8.73. The van der Waals surface area contributed by atoms with Crippen LogP contribution in [-0.4, -0.2) is 50.1 Å². The predicted molar refractivity (Wildman–Crippen MR) is 132 cm³/mol. The Morgan fingerprint density at radius 2 is 1.71 bits per heavy atom. The first-order valence-corrected chi connectivity index (χ1v) is 11.6. The van der Waals surface area contributed by atoms with Crippen molar-refractivity contribution in [1.82, 2.24) is 10.2 Å². The number of nitrogens with zero attached hydrogens (tertiary/aromatic N) is 1. The average molecular weight is 497 g/mol. The van der Waals surface area contributed by atoms with Crippen molar-refractivity contribution in [2.75, 3.05) is 27.3 Å². The van der Waals surface area contributed by atoms with E-state index in [-0.39, 0.29) is 29.6 Å². The first-order valence-electron chi connectivity index (χ1n) is 11.2. The summed E-state index contributed by atoms with van der Waals surface area (Å²) in [6, 6.07) is 17.8. The zero-order chi connectivity index (χ0) is 24.9. The van der Waals surface area contributed by atoms with E-state index in [4.69, 9.17) is 21.1 Å². The Bertz CT molecular complexity index is 1220. The molecular formula is C27H26ClFN2O4. The number of nitrogens with one attached hydrogen (secondary N) is 1. The van der Waals surface area contributed by atoms with E-state index in [9.17, 15) is 14.0 Å². The lowest BCUT2D eigenvalue weighted by Crippen LogP contribution is -2.51. The summed E-state index contributed by atoms with van der Waals surface area (Å²) < 4.78 is 24.2. The van der Waals surface area contributed by atoms with Gasteiger partial charge in [0.1, 0.15) is 5.82 Å². The third-order valence-electron chi connectivity index (χ3n) is 6.26. The van der Waals surface area contributed by atoms with Gasteiger partial charge in [-0.3, -0.25) is 9.59 Å². The number of rotatable bonds is 6. The Labute approximate surface area is 208 Å². The molecular weight excluding hydrogens is 471 g/mol. The van der Waals surface area contributed by atoms with Gasteiger partial charge in [-0.05, 0) is 54.4 Å². The molecule has 6 nitrogen and oxygen atoms in total. The summed E-state index contributed by atoms with van der Waals surface area (Å²) in [5.41, 5.74) is 1.69. The van der Waals surface area contributed by atoms with Crippen LogP contribution < -0.4 is 14.8 Å². The largest absolute Gasteiger partial charge is 0.493 e. The number of piperidine rings is 1. The van der Waals surface area contributed by atoms with Crippen molar-refractivity contribution >= 4 is 23.4 Å². The molecule has 1 aliphatic heterocycles. The molecule has 0 spiro atoms. The monoisotopic (exact) mass is 496 g/mol. The SMILES string of the molecule is COc1ccc(C(=O)N2CC[C@@H](NC(=O)c3ccccc3Cl)[C@@H](c3ccc(F)cc3)C2)cc1OC. The fraction of sp³-hybridized carbons (Fsp3) is 0.259. The molecule has 2 amide bonds. The minimum Gasteiger partial charge on any atom is -0.493 e. The highest BCUT2D eigenvalue weighted by Crippen LogP contribution is 2.32. The summed E-state index contributed by atoms with van der Waals surface area (Å²) in [4.78, 5) is 28.1. The van der Waals surface area contributed by atoms with Gasteiger partial charge in [0.25, 0.3) is 11.8 Å². The maximum atomic E-state index is 13.6. The van der Waals surface area contributed by atoms with Crippen LogP contribution in [0, 0.1) is 5.82 Å². The zero-order valence-electron chi connectivity index (χ0n) is 19.5. The molecule has 0 saturated carbocycles. The number of ether oxygens (including phenoxy) is 2. The maximum absolute atomic E-state index is 13.6. The average Bonchev–Trinajstić information content (AvgIpc) is 2.88. The fourth-order valence-corrected chi connectivity index (χ4v) is 4.62. The van der Waals surface area contributed by atoms with E-state index < -0.39 is 0 Å². The topological polar surface area (TPSA) is 67.9 Å². The van der Waals surface area contributed by atoms with Crippen LogP contribution >= 0.6 is 11.6 Å². The lowest BCUT2D eigenvalue weighted by atomic mass is 9.85. The molecule has 3 aromatic carbocycles. The molecule has 1 aliphatic rings. The van der Waals surface area contributed by atoms with Crippen LogP contribution in [0.2, 0.25) is 5.02 Å². The van der Waals surface area contributed by atoms with Crippen molar-refractivity contribution in [3.05, 3.63) is 94.3 Å². The smallest absolute Gasteiger partial charge is 0.254 e. The van der Waals surface area contributed by atoms with Crippen molar-refractivity contribution in [3.63, 3.8) is 0 Å². The van der Waals surface area contributed by atoms with Gasteiger partial charge in [0.2, 0.25) is 0 Å². The highest BCUT2D eigenvalue weighted by molar-refractivity contribution is 6.33. The molecule has 1 heterocycles. The number of likely N-dealkylation sites (tertiary alicyclic amines) is 1. The number of carbonyl (C=O) groups is 2. The molecule has 4 rings (SSSR count). The normalized spacial score (nSPS) is 17.5. The van der Waals surface area contributed by atoms with E-state index in [1.807, 2.05) is 0 Å². The van der Waals surface area contributed by atoms with E-state index >= 15 is 0 Å². The quantitative estimate of drug-likeness (QED) is 0.525. The number of amides is 2. The van der Waals surface area contributed by atoms with Gasteiger partial charge in [0, 0.05) is 30.6 Å². The minimum absolute atomic E-state index is 0.158. The molecule has 35 heavy (non-hydrogen) atoms. The lowest BCUT2D eigenvalue weighted by Gasteiger charge is -2.39. The van der Waals surface area contributed by atoms with Gasteiger partial charge < -0.3 is 19.7 Å². The number of methoxy groups -OCH3 is 2. The minimum atomic E-state index is -0.348. The van der Waals surface area contributed by atoms with Crippen LogP contribution in [0.5, 0.6) is 11.5 Å². The number of hydrogen-bond donors (Lipinski definition) is 1. The number of benzene rings is 3. The molecule has 0 bridgehead atoms. The molecule has 1 N–H and O–H groups in total. The van der Waals surface area contributed by atoms with Crippen molar-refractivity contribution in [1.29, 1.82) is 0 Å². The van der Waals surface area contributed by atoms with Crippen molar-refractivity contribution in [3.8, 4) is 11.5 Å².